The van der Waals surface area contributed by atoms with Crippen LogP contribution in [0.3, 0.4) is 0 Å². The summed E-state index contributed by atoms with van der Waals surface area (Å²) in [5.74, 6) is 0. The third kappa shape index (κ3) is 6.59. The molecule has 0 N–H and O–H groups in total. The maximum Gasteiger partial charge on any atom is 0.483 e. The van der Waals surface area contributed by atoms with Crippen LogP contribution in [-0.4, -0.2) is 6.29 Å². The second kappa shape index (κ2) is 5.43. The summed E-state index contributed by atoms with van der Waals surface area (Å²) in [6, 6.07) is 5.05. The van der Waals surface area contributed by atoms with Gasteiger partial charge in [0.2, 0.25) is 0 Å². The largest absolute Gasteiger partial charge is 0.483 e. The van der Waals surface area contributed by atoms with Gasteiger partial charge < -0.3 is 0 Å². The molecule has 1 nitrogen and oxygen atoms in total. The normalized spacial score (nSPS) is 10.3. The molecule has 1 aromatic rings. The summed E-state index contributed by atoms with van der Waals surface area (Å²) in [7, 11) is 0. The molecule has 0 bridgehead atoms. The number of hydrogen-bond donors (Lipinski definition) is 0. The summed E-state index contributed by atoms with van der Waals surface area (Å²) < 4.78 is 55.1. The molecule has 0 saturated heterocycles. The molecule has 0 aliphatic carbocycles. The van der Waals surface area contributed by atoms with Crippen LogP contribution >= 0.6 is 0 Å². The Morgan fingerprint density at radius 2 is 1.40 bits per heavy atom. The molecule has 1 aromatic carbocycles. The standard InChI is InChI=1S/C8H7F3.CF2O/c1-6-2-4-7(5-3-6)8(9,10)11;2-1(3)4/h2-5H,1H3;. The zero-order valence-corrected chi connectivity index (χ0v) is 7.61. The van der Waals surface area contributed by atoms with E-state index in [4.69, 9.17) is 4.79 Å². The van der Waals surface area contributed by atoms with Crippen molar-refractivity contribution in [2.75, 3.05) is 0 Å². The Balaban J connectivity index is 0.000000423. The molecule has 0 radical (unpaired) electrons. The monoisotopic (exact) mass is 226 g/mol. The van der Waals surface area contributed by atoms with Gasteiger partial charge in [0.05, 0.1) is 5.56 Å². The first kappa shape index (κ1) is 13.5. The third-order valence-electron chi connectivity index (χ3n) is 1.38. The number of hydrogen-bond acceptors (Lipinski definition) is 1. The molecular weight excluding hydrogens is 219 g/mol. The van der Waals surface area contributed by atoms with Crippen LogP contribution in [0.2, 0.25) is 0 Å². The van der Waals surface area contributed by atoms with Crippen molar-refractivity contribution in [3.05, 3.63) is 35.4 Å². The highest BCUT2D eigenvalue weighted by molar-refractivity contribution is 5.55. The number of benzene rings is 1. The lowest BCUT2D eigenvalue weighted by Gasteiger charge is -2.05. The minimum Gasteiger partial charge on any atom is -0.219 e. The number of alkyl halides is 3. The van der Waals surface area contributed by atoms with Gasteiger partial charge >= 0.3 is 12.5 Å². The fourth-order valence-corrected chi connectivity index (χ4v) is 0.743. The molecule has 0 spiro atoms. The number of carbonyl (C=O) groups excluding carboxylic acids is 1. The van der Waals surface area contributed by atoms with E-state index in [1.807, 2.05) is 0 Å². The fraction of sp³-hybridized carbons (Fsp3) is 0.222. The Morgan fingerprint density at radius 1 is 1.07 bits per heavy atom. The lowest BCUT2D eigenvalue weighted by Crippen LogP contribution is -2.03. The minimum atomic E-state index is -4.21. The molecule has 0 fully saturated rings. The Bertz CT molecular complexity index is 310. The van der Waals surface area contributed by atoms with E-state index >= 15 is 0 Å². The summed E-state index contributed by atoms with van der Waals surface area (Å²) in [5.41, 5.74) is 0.237. The predicted octanol–water partition coefficient (Wildman–Crippen LogP) is 4.06. The van der Waals surface area contributed by atoms with Crippen molar-refractivity contribution in [3.8, 4) is 0 Å². The van der Waals surface area contributed by atoms with Crippen molar-refractivity contribution in [3.63, 3.8) is 0 Å². The summed E-state index contributed by atoms with van der Waals surface area (Å²) >= 11 is 0. The minimum absolute atomic E-state index is 0.594. The van der Waals surface area contributed by atoms with E-state index in [9.17, 15) is 22.0 Å². The lowest BCUT2D eigenvalue weighted by molar-refractivity contribution is -0.137. The van der Waals surface area contributed by atoms with Crippen LogP contribution < -0.4 is 0 Å². The number of aryl methyl sites for hydroxylation is 1. The van der Waals surface area contributed by atoms with Crippen LogP contribution in [0, 0.1) is 6.92 Å². The predicted molar refractivity (Wildman–Crippen MR) is 43.8 cm³/mol. The summed E-state index contributed by atoms with van der Waals surface area (Å²) in [4.78, 5) is 8.11. The second-order valence-corrected chi connectivity index (χ2v) is 2.59. The van der Waals surface area contributed by atoms with Crippen LogP contribution in [0.1, 0.15) is 11.1 Å². The van der Waals surface area contributed by atoms with Crippen LogP contribution in [0.5, 0.6) is 0 Å². The maximum absolute atomic E-state index is 11.9. The molecule has 0 aromatic heterocycles. The Hall–Kier alpha value is -1.46. The maximum atomic E-state index is 11.9. The molecule has 6 heteroatoms. The van der Waals surface area contributed by atoms with E-state index in [2.05, 4.69) is 0 Å². The van der Waals surface area contributed by atoms with Gasteiger partial charge in [0.25, 0.3) is 0 Å². The Labute approximate surface area is 82.5 Å². The van der Waals surface area contributed by atoms with E-state index in [0.717, 1.165) is 17.7 Å². The molecule has 1 rings (SSSR count). The van der Waals surface area contributed by atoms with Crippen molar-refractivity contribution in [1.82, 2.24) is 0 Å². The van der Waals surface area contributed by atoms with Gasteiger partial charge in [-0.1, -0.05) is 17.7 Å². The van der Waals surface area contributed by atoms with E-state index in [1.54, 1.807) is 6.92 Å². The van der Waals surface area contributed by atoms with Crippen molar-refractivity contribution >= 4 is 6.29 Å². The first-order valence-electron chi connectivity index (χ1n) is 3.72. The first-order chi connectivity index (χ1) is 6.73. The molecule has 0 saturated carbocycles. The Kier molecular flexibility index (Phi) is 4.90. The SMILES string of the molecule is Cc1ccc(C(F)(F)F)cc1.O=C(F)F. The molecule has 0 aliphatic rings. The van der Waals surface area contributed by atoms with Gasteiger partial charge in [0.15, 0.2) is 0 Å². The van der Waals surface area contributed by atoms with Crippen LogP contribution in [0.4, 0.5) is 26.7 Å². The van der Waals surface area contributed by atoms with Crippen molar-refractivity contribution in [2.45, 2.75) is 13.1 Å². The van der Waals surface area contributed by atoms with Gasteiger partial charge in [-0.3, -0.25) is 0 Å². The average molecular weight is 226 g/mol. The highest BCUT2D eigenvalue weighted by Gasteiger charge is 2.29. The van der Waals surface area contributed by atoms with Gasteiger partial charge in [0, 0.05) is 0 Å². The molecular formula is C9H7F5O. The molecule has 0 unspecified atom stereocenters. The Morgan fingerprint density at radius 3 is 1.67 bits per heavy atom. The van der Waals surface area contributed by atoms with Gasteiger partial charge in [0.1, 0.15) is 0 Å². The molecule has 0 aliphatic heterocycles. The van der Waals surface area contributed by atoms with Crippen LogP contribution in [-0.2, 0) is 6.18 Å². The number of halogens is 5. The zero-order valence-electron chi connectivity index (χ0n) is 7.61. The third-order valence-corrected chi connectivity index (χ3v) is 1.38. The highest BCUT2D eigenvalue weighted by atomic mass is 19.4. The summed E-state index contributed by atoms with van der Waals surface area (Å²) in [5, 5.41) is 0. The fourth-order valence-electron chi connectivity index (χ4n) is 0.743. The van der Waals surface area contributed by atoms with Gasteiger partial charge in [-0.2, -0.15) is 13.2 Å². The van der Waals surface area contributed by atoms with Gasteiger partial charge in [-0.05, 0) is 19.1 Å². The average Bonchev–Trinajstić information content (AvgIpc) is 2.01. The summed E-state index contributed by atoms with van der Waals surface area (Å²) in [6.07, 6.45) is -7.05. The summed E-state index contributed by atoms with van der Waals surface area (Å²) in [6.45, 7) is 1.75. The van der Waals surface area contributed by atoms with Gasteiger partial charge in [-0.25, -0.2) is 4.79 Å². The lowest BCUT2D eigenvalue weighted by atomic mass is 10.1. The zero-order chi connectivity index (χ0) is 12.1. The van der Waals surface area contributed by atoms with E-state index in [1.165, 1.54) is 12.1 Å². The van der Waals surface area contributed by atoms with Crippen LogP contribution in [0.15, 0.2) is 24.3 Å². The second-order valence-electron chi connectivity index (χ2n) is 2.59. The highest BCUT2D eigenvalue weighted by Crippen LogP contribution is 2.28. The van der Waals surface area contributed by atoms with Crippen LogP contribution in [0.25, 0.3) is 0 Å². The number of carbonyl (C=O) groups is 1. The van der Waals surface area contributed by atoms with Gasteiger partial charge in [-0.15, -0.1) is 8.78 Å². The topological polar surface area (TPSA) is 17.1 Å². The van der Waals surface area contributed by atoms with E-state index in [-0.39, 0.29) is 0 Å². The smallest absolute Gasteiger partial charge is 0.219 e. The molecule has 15 heavy (non-hydrogen) atoms. The molecule has 0 heterocycles. The van der Waals surface area contributed by atoms with Crippen molar-refractivity contribution in [2.24, 2.45) is 0 Å². The molecule has 0 atom stereocenters. The van der Waals surface area contributed by atoms with Crippen molar-refractivity contribution in [1.29, 1.82) is 0 Å². The van der Waals surface area contributed by atoms with Crippen molar-refractivity contribution < 1.29 is 26.7 Å². The quantitative estimate of drug-likeness (QED) is 0.481. The molecule has 84 valence electrons. The van der Waals surface area contributed by atoms with E-state index < -0.39 is 18.0 Å². The number of rotatable bonds is 0. The first-order valence-corrected chi connectivity index (χ1v) is 3.72. The molecule has 0 amide bonds. The van der Waals surface area contributed by atoms with E-state index in [0.29, 0.717) is 0 Å².